The van der Waals surface area contributed by atoms with Gasteiger partial charge in [-0.1, -0.05) is 36.4 Å². The van der Waals surface area contributed by atoms with Crippen molar-refractivity contribution in [2.45, 2.75) is 13.2 Å². The van der Waals surface area contributed by atoms with E-state index in [1.807, 2.05) is 6.07 Å². The molecule has 3 N–H and O–H groups in total. The van der Waals surface area contributed by atoms with Crippen LogP contribution in [0.4, 0.5) is 8.78 Å². The summed E-state index contributed by atoms with van der Waals surface area (Å²) in [6.07, 6.45) is 1.16. The highest BCUT2D eigenvalue weighted by molar-refractivity contribution is 5.99. The van der Waals surface area contributed by atoms with E-state index in [1.165, 1.54) is 15.6 Å². The third-order valence-electron chi connectivity index (χ3n) is 5.38. The minimum atomic E-state index is -0.837. The van der Waals surface area contributed by atoms with E-state index < -0.39 is 28.9 Å². The number of pyridine rings is 1. The summed E-state index contributed by atoms with van der Waals surface area (Å²) in [7, 11) is 0. The Morgan fingerprint density at radius 3 is 2.63 bits per heavy atom. The van der Waals surface area contributed by atoms with Gasteiger partial charge in [0.2, 0.25) is 5.43 Å². The molecule has 1 aromatic heterocycles. The number of aliphatic hydroxyl groups is 1. The van der Waals surface area contributed by atoms with Gasteiger partial charge in [0.05, 0.1) is 6.61 Å². The molecule has 0 aliphatic carbocycles. The summed E-state index contributed by atoms with van der Waals surface area (Å²) in [4.78, 5) is 40.4. The Hall–Kier alpha value is -4.25. The zero-order valence-corrected chi connectivity index (χ0v) is 18.5. The lowest BCUT2D eigenvalue weighted by atomic mass is 10.1. The van der Waals surface area contributed by atoms with Crippen molar-refractivity contribution >= 4 is 11.8 Å². The molecule has 0 radical (unpaired) electrons. The van der Waals surface area contributed by atoms with Gasteiger partial charge in [0, 0.05) is 30.9 Å². The van der Waals surface area contributed by atoms with E-state index in [2.05, 4.69) is 10.7 Å². The number of ether oxygens (including phenoxy) is 1. The predicted octanol–water partition coefficient (Wildman–Crippen LogP) is 1.58. The molecule has 1 aliphatic heterocycles. The molecular formula is C24H22F2N4O5. The second kappa shape index (κ2) is 10.3. The molecule has 182 valence electrons. The Morgan fingerprint density at radius 2 is 1.91 bits per heavy atom. The summed E-state index contributed by atoms with van der Waals surface area (Å²) in [5, 5.41) is 11.7. The molecule has 0 saturated carbocycles. The van der Waals surface area contributed by atoms with E-state index in [-0.39, 0.29) is 55.5 Å². The van der Waals surface area contributed by atoms with Crippen molar-refractivity contribution in [3.05, 3.63) is 99.0 Å². The Bertz CT molecular complexity index is 1310. The first-order valence-electron chi connectivity index (χ1n) is 10.7. The molecule has 3 aromatic rings. The van der Waals surface area contributed by atoms with E-state index in [0.717, 1.165) is 17.8 Å². The molecule has 4 rings (SSSR count). The van der Waals surface area contributed by atoms with Gasteiger partial charge in [0.1, 0.15) is 30.5 Å². The van der Waals surface area contributed by atoms with Crippen LogP contribution in [0.1, 0.15) is 32.0 Å². The first-order chi connectivity index (χ1) is 16.9. The monoisotopic (exact) mass is 484 g/mol. The lowest BCUT2D eigenvalue weighted by molar-refractivity contribution is 0.0684. The molecule has 0 spiro atoms. The standard InChI is InChI=1S/C24H22F2N4O5/c25-17-7-6-16(19(26)10-17)11-27-23(33)18-12-30-20(24(34)29(8-9-31)14-28-30)22(21(18)32)35-13-15-4-2-1-3-5-15/h1-7,10,12,28,31H,8-9,11,13-14H2,(H,27,33). The fraction of sp³-hybridized carbons (Fsp3) is 0.208. The van der Waals surface area contributed by atoms with E-state index in [4.69, 9.17) is 4.74 Å². The number of aliphatic hydroxyl groups excluding tert-OH is 1. The van der Waals surface area contributed by atoms with Crippen molar-refractivity contribution in [2.24, 2.45) is 0 Å². The number of halogens is 2. The zero-order chi connectivity index (χ0) is 24.9. The number of carbonyl (C=O) groups excluding carboxylic acids is 2. The maximum Gasteiger partial charge on any atom is 0.277 e. The molecule has 2 heterocycles. The van der Waals surface area contributed by atoms with Crippen molar-refractivity contribution in [3.63, 3.8) is 0 Å². The highest BCUT2D eigenvalue weighted by atomic mass is 19.1. The minimum absolute atomic E-state index is 0.0231. The molecule has 11 heteroatoms. The average molecular weight is 484 g/mol. The molecule has 0 bridgehead atoms. The molecule has 2 aromatic carbocycles. The highest BCUT2D eigenvalue weighted by Gasteiger charge is 2.31. The second-order valence-electron chi connectivity index (χ2n) is 7.72. The van der Waals surface area contributed by atoms with Gasteiger partial charge in [-0.25, -0.2) is 8.78 Å². The van der Waals surface area contributed by atoms with Crippen molar-refractivity contribution in [3.8, 4) is 5.75 Å². The third kappa shape index (κ3) is 5.14. The maximum absolute atomic E-state index is 13.9. The predicted molar refractivity (Wildman–Crippen MR) is 121 cm³/mol. The van der Waals surface area contributed by atoms with Gasteiger partial charge in [-0.05, 0) is 11.6 Å². The molecule has 35 heavy (non-hydrogen) atoms. The number of hydrogen-bond acceptors (Lipinski definition) is 6. The van der Waals surface area contributed by atoms with Crippen LogP contribution in [0.15, 0.2) is 59.5 Å². The fourth-order valence-electron chi connectivity index (χ4n) is 3.56. The number of carbonyl (C=O) groups is 2. The summed E-state index contributed by atoms with van der Waals surface area (Å²) in [5.74, 6) is -3.31. The average Bonchev–Trinajstić information content (AvgIpc) is 2.85. The molecule has 0 atom stereocenters. The van der Waals surface area contributed by atoms with Crippen molar-refractivity contribution in [2.75, 3.05) is 25.2 Å². The SMILES string of the molecule is O=C(NCc1ccc(F)cc1F)c1cn2c(c(OCc3ccccc3)c1=O)C(=O)N(CCO)CN2. The minimum Gasteiger partial charge on any atom is -0.482 e. The smallest absolute Gasteiger partial charge is 0.277 e. The van der Waals surface area contributed by atoms with Crippen LogP contribution in [0.25, 0.3) is 0 Å². The van der Waals surface area contributed by atoms with E-state index in [9.17, 15) is 28.3 Å². The molecule has 0 fully saturated rings. The number of nitrogens with one attached hydrogen (secondary N) is 2. The number of hydrogen-bond donors (Lipinski definition) is 3. The van der Waals surface area contributed by atoms with Crippen molar-refractivity contribution in [1.82, 2.24) is 14.9 Å². The summed E-state index contributed by atoms with van der Waals surface area (Å²) < 4.78 is 34.0. The summed E-state index contributed by atoms with van der Waals surface area (Å²) in [6, 6.07) is 11.9. The molecule has 0 saturated heterocycles. The zero-order valence-electron chi connectivity index (χ0n) is 18.5. The lowest BCUT2D eigenvalue weighted by Gasteiger charge is -2.31. The first-order valence-corrected chi connectivity index (χ1v) is 10.7. The van der Waals surface area contributed by atoms with Gasteiger partial charge in [-0.3, -0.25) is 19.1 Å². The van der Waals surface area contributed by atoms with Crippen LogP contribution in [-0.2, 0) is 13.2 Å². The Labute approximate surface area is 198 Å². The molecule has 9 nitrogen and oxygen atoms in total. The topological polar surface area (TPSA) is 113 Å². The summed E-state index contributed by atoms with van der Waals surface area (Å²) in [6.45, 7) is -0.553. The molecular weight excluding hydrogens is 462 g/mol. The van der Waals surface area contributed by atoms with Crippen molar-refractivity contribution in [1.29, 1.82) is 0 Å². The van der Waals surface area contributed by atoms with Crippen LogP contribution >= 0.6 is 0 Å². The Morgan fingerprint density at radius 1 is 1.14 bits per heavy atom. The second-order valence-corrected chi connectivity index (χ2v) is 7.72. The number of benzene rings is 2. The summed E-state index contributed by atoms with van der Waals surface area (Å²) >= 11 is 0. The molecule has 0 unspecified atom stereocenters. The summed E-state index contributed by atoms with van der Waals surface area (Å²) in [5.41, 5.74) is 2.37. The largest absolute Gasteiger partial charge is 0.482 e. The number of rotatable bonds is 8. The first kappa shape index (κ1) is 23.9. The normalized spacial score (nSPS) is 12.7. The van der Waals surface area contributed by atoms with Crippen LogP contribution < -0.4 is 20.9 Å². The number of aromatic nitrogens is 1. The van der Waals surface area contributed by atoms with Gasteiger partial charge in [-0.15, -0.1) is 0 Å². The van der Waals surface area contributed by atoms with Gasteiger partial charge < -0.3 is 25.5 Å². The van der Waals surface area contributed by atoms with Crippen LogP contribution in [0.2, 0.25) is 0 Å². The van der Waals surface area contributed by atoms with Crippen molar-refractivity contribution < 1.29 is 28.2 Å². The van der Waals surface area contributed by atoms with Crippen LogP contribution in [0.5, 0.6) is 5.75 Å². The Kier molecular flexibility index (Phi) is 7.06. The van der Waals surface area contributed by atoms with Gasteiger partial charge in [0.25, 0.3) is 11.8 Å². The van der Waals surface area contributed by atoms with Gasteiger partial charge >= 0.3 is 0 Å². The third-order valence-corrected chi connectivity index (χ3v) is 5.38. The van der Waals surface area contributed by atoms with E-state index >= 15 is 0 Å². The van der Waals surface area contributed by atoms with E-state index in [0.29, 0.717) is 6.07 Å². The lowest BCUT2D eigenvalue weighted by Crippen LogP contribution is -2.48. The molecule has 1 aliphatic rings. The molecule has 2 amide bonds. The van der Waals surface area contributed by atoms with E-state index in [1.54, 1.807) is 24.3 Å². The van der Waals surface area contributed by atoms with Crippen LogP contribution in [0.3, 0.4) is 0 Å². The number of nitrogens with zero attached hydrogens (tertiary/aromatic N) is 2. The quantitative estimate of drug-likeness (QED) is 0.448. The number of amides is 2. The van der Waals surface area contributed by atoms with Crippen LogP contribution in [0, 0.1) is 11.6 Å². The van der Waals surface area contributed by atoms with Gasteiger partial charge in [0.15, 0.2) is 11.4 Å². The van der Waals surface area contributed by atoms with Crippen LogP contribution in [-0.4, -0.2) is 46.3 Å². The Balaban J connectivity index is 1.67. The van der Waals surface area contributed by atoms with Gasteiger partial charge in [-0.2, -0.15) is 0 Å². The fourth-order valence-corrected chi connectivity index (χ4v) is 3.56. The number of β-amino-alcohol motifs (C(OH)–C–C–N with tert-alkyl or cyclic N) is 1. The maximum atomic E-state index is 13.9. The number of fused-ring (bicyclic) bond motifs is 1. The highest BCUT2D eigenvalue weighted by Crippen LogP contribution is 2.21.